The topological polar surface area (TPSA) is 78.1 Å². The van der Waals surface area contributed by atoms with Crippen LogP contribution in [0.4, 0.5) is 10.2 Å². The lowest BCUT2D eigenvalue weighted by Crippen LogP contribution is -2.31. The number of rotatable bonds is 7. The van der Waals surface area contributed by atoms with Crippen LogP contribution in [-0.4, -0.2) is 26.2 Å². The van der Waals surface area contributed by atoms with Crippen molar-refractivity contribution < 1.29 is 9.18 Å². The number of anilines is 1. The second-order valence-electron chi connectivity index (χ2n) is 8.09. The Morgan fingerprint density at radius 3 is 2.52 bits per heavy atom. The number of aromatic nitrogens is 1. The number of thiocarbonyl (C=S) groups is 1. The summed E-state index contributed by atoms with van der Waals surface area (Å²) in [5, 5.41) is 12.9. The second-order valence-corrected chi connectivity index (χ2v) is 9.77. The number of nitrogens with zero attached hydrogens (tertiary/aromatic N) is 3. The van der Waals surface area contributed by atoms with Crippen molar-refractivity contribution in [2.75, 3.05) is 11.9 Å². The lowest BCUT2D eigenvalue weighted by Gasteiger charge is -2.19. The van der Waals surface area contributed by atoms with Gasteiger partial charge >= 0.3 is 0 Å². The Morgan fingerprint density at radius 2 is 1.94 bits per heavy atom. The van der Waals surface area contributed by atoms with E-state index < -0.39 is 5.56 Å². The van der Waals surface area contributed by atoms with Crippen LogP contribution in [0.15, 0.2) is 34.0 Å². The van der Waals surface area contributed by atoms with E-state index in [4.69, 9.17) is 12.2 Å². The lowest BCUT2D eigenvalue weighted by molar-refractivity contribution is -0.122. The third kappa shape index (κ3) is 5.18. The van der Waals surface area contributed by atoms with Gasteiger partial charge in [0, 0.05) is 25.2 Å². The number of hydrogen-bond donors (Lipinski definition) is 1. The normalized spacial score (nSPS) is 14.9. The van der Waals surface area contributed by atoms with Gasteiger partial charge in [0.05, 0.1) is 4.91 Å². The maximum absolute atomic E-state index is 13.3. The Hall–Kier alpha value is -2.96. The van der Waals surface area contributed by atoms with Gasteiger partial charge in [-0.1, -0.05) is 50.0 Å². The van der Waals surface area contributed by atoms with Crippen molar-refractivity contribution in [2.24, 2.45) is 5.92 Å². The van der Waals surface area contributed by atoms with Crippen LogP contribution in [0.2, 0.25) is 0 Å². The number of amides is 1. The molecule has 1 aromatic carbocycles. The van der Waals surface area contributed by atoms with Crippen LogP contribution >= 0.6 is 24.0 Å². The second kappa shape index (κ2) is 10.3. The fourth-order valence-electron chi connectivity index (χ4n) is 3.60. The molecule has 0 atom stereocenters. The smallest absolute Gasteiger partial charge is 0.270 e. The quantitative estimate of drug-likeness (QED) is 0.455. The number of carbonyl (C=O) groups excluding carboxylic acids is 1. The summed E-state index contributed by atoms with van der Waals surface area (Å²) in [6.45, 7) is 8.72. The van der Waals surface area contributed by atoms with E-state index in [1.165, 1.54) is 28.5 Å². The summed E-state index contributed by atoms with van der Waals surface area (Å²) < 4.78 is 15.2. The van der Waals surface area contributed by atoms with Gasteiger partial charge in [-0.25, -0.2) is 4.39 Å². The Morgan fingerprint density at radius 1 is 1.27 bits per heavy atom. The predicted molar refractivity (Wildman–Crippen MR) is 134 cm³/mol. The molecule has 0 saturated carbocycles. The molecule has 1 N–H and O–H groups in total. The first-order valence-corrected chi connectivity index (χ1v) is 11.8. The average Bonchev–Trinajstić information content (AvgIpc) is 3.03. The van der Waals surface area contributed by atoms with Gasteiger partial charge in [0.1, 0.15) is 27.6 Å². The van der Waals surface area contributed by atoms with Crippen molar-refractivity contribution in [1.82, 2.24) is 9.47 Å². The molecule has 9 heteroatoms. The van der Waals surface area contributed by atoms with E-state index in [2.05, 4.69) is 5.32 Å². The average molecular weight is 485 g/mol. The molecule has 1 amide bonds. The van der Waals surface area contributed by atoms with E-state index in [0.717, 1.165) is 5.56 Å². The van der Waals surface area contributed by atoms with Gasteiger partial charge in [0.25, 0.3) is 11.5 Å². The molecule has 1 fully saturated rings. The first-order chi connectivity index (χ1) is 15.7. The van der Waals surface area contributed by atoms with Gasteiger partial charge in [0.15, 0.2) is 0 Å². The molecule has 0 radical (unpaired) electrons. The zero-order valence-corrected chi connectivity index (χ0v) is 20.6. The highest BCUT2D eigenvalue weighted by Gasteiger charge is 2.33. The number of nitriles is 1. The van der Waals surface area contributed by atoms with E-state index in [1.54, 1.807) is 30.0 Å². The summed E-state index contributed by atoms with van der Waals surface area (Å²) in [5.74, 6) is 0.240. The predicted octanol–water partition coefficient (Wildman–Crippen LogP) is 4.66. The Kier molecular flexibility index (Phi) is 7.72. The van der Waals surface area contributed by atoms with Gasteiger partial charge in [0.2, 0.25) is 0 Å². The zero-order valence-electron chi connectivity index (χ0n) is 18.9. The minimum atomic E-state index is -0.399. The molecule has 1 aliphatic heterocycles. The number of hydrogen-bond acceptors (Lipinski definition) is 6. The van der Waals surface area contributed by atoms with Crippen molar-refractivity contribution in [1.29, 1.82) is 5.26 Å². The summed E-state index contributed by atoms with van der Waals surface area (Å²) in [6.07, 6.45) is 1.70. The molecule has 0 aliphatic carbocycles. The molecule has 172 valence electrons. The van der Waals surface area contributed by atoms with Gasteiger partial charge in [-0.2, -0.15) is 5.26 Å². The molecule has 3 rings (SSSR count). The number of nitrogens with one attached hydrogen (secondary N) is 1. The maximum atomic E-state index is 13.3. The van der Waals surface area contributed by atoms with E-state index in [0.29, 0.717) is 45.8 Å². The molecular formula is C24H25FN4O2S2. The zero-order chi connectivity index (χ0) is 24.3. The third-order valence-corrected chi connectivity index (χ3v) is 6.64. The number of benzene rings is 1. The number of halogens is 1. The van der Waals surface area contributed by atoms with Gasteiger partial charge in [-0.15, -0.1) is 0 Å². The van der Waals surface area contributed by atoms with Crippen LogP contribution in [0.25, 0.3) is 6.08 Å². The Labute approximate surface area is 202 Å². The van der Waals surface area contributed by atoms with E-state index >= 15 is 0 Å². The molecule has 1 aromatic heterocycles. The number of carbonyl (C=O) groups is 1. The van der Waals surface area contributed by atoms with Gasteiger partial charge in [-0.05, 0) is 49.1 Å². The van der Waals surface area contributed by atoms with Crippen molar-refractivity contribution in [2.45, 2.75) is 40.8 Å². The van der Waals surface area contributed by atoms with E-state index in [-0.39, 0.29) is 23.2 Å². The monoisotopic (exact) mass is 484 g/mol. The molecule has 2 heterocycles. The molecule has 33 heavy (non-hydrogen) atoms. The van der Waals surface area contributed by atoms with E-state index in [9.17, 15) is 19.2 Å². The van der Waals surface area contributed by atoms with Crippen LogP contribution in [0.5, 0.6) is 0 Å². The summed E-state index contributed by atoms with van der Waals surface area (Å²) in [6, 6.07) is 8.06. The number of thioether (sulfide) groups is 1. The van der Waals surface area contributed by atoms with Crippen LogP contribution in [0, 0.1) is 30.0 Å². The van der Waals surface area contributed by atoms with Crippen molar-refractivity contribution in [3.05, 3.63) is 67.6 Å². The highest BCUT2D eigenvalue weighted by molar-refractivity contribution is 8.26. The fraction of sp³-hybridized carbons (Fsp3) is 0.333. The minimum absolute atomic E-state index is 0.0353. The Bertz CT molecular complexity index is 1230. The summed E-state index contributed by atoms with van der Waals surface area (Å²) >= 11 is 6.62. The number of pyridine rings is 1. The minimum Gasteiger partial charge on any atom is -0.367 e. The lowest BCUT2D eigenvalue weighted by atomic mass is 10.0. The first kappa shape index (κ1) is 24.7. The summed E-state index contributed by atoms with van der Waals surface area (Å²) in [4.78, 5) is 28.0. The molecule has 6 nitrogen and oxygen atoms in total. The highest BCUT2D eigenvalue weighted by atomic mass is 32.2. The van der Waals surface area contributed by atoms with Crippen molar-refractivity contribution in [3.63, 3.8) is 0 Å². The molecule has 0 spiro atoms. The van der Waals surface area contributed by atoms with Crippen molar-refractivity contribution in [3.8, 4) is 6.07 Å². The first-order valence-electron chi connectivity index (χ1n) is 10.6. The molecule has 1 aliphatic rings. The summed E-state index contributed by atoms with van der Waals surface area (Å²) in [5.41, 5.74) is 1.53. The standard InChI is InChI=1S/C24H25FN4O2S2/c1-5-28-21(27-12-16-6-8-17(25)9-7-16)18(15(4)19(11-26)22(28)30)10-20-23(31)29(13-14(2)3)24(32)33-20/h6-10,14,27H,5,12-13H2,1-4H3/b20-10+. The molecule has 1 saturated heterocycles. The fourth-order valence-corrected chi connectivity index (χ4v) is 4.85. The highest BCUT2D eigenvalue weighted by Crippen LogP contribution is 2.35. The third-order valence-electron chi connectivity index (χ3n) is 5.26. The van der Waals surface area contributed by atoms with Crippen LogP contribution in [0.3, 0.4) is 0 Å². The largest absolute Gasteiger partial charge is 0.367 e. The van der Waals surface area contributed by atoms with Crippen LogP contribution in [0.1, 0.15) is 43.0 Å². The van der Waals surface area contributed by atoms with Crippen LogP contribution < -0.4 is 10.9 Å². The van der Waals surface area contributed by atoms with E-state index in [1.807, 2.05) is 26.8 Å². The van der Waals surface area contributed by atoms with Gasteiger partial charge < -0.3 is 5.32 Å². The Balaban J connectivity index is 2.11. The molecule has 2 aromatic rings. The SMILES string of the molecule is CCn1c(NCc2ccc(F)cc2)c(/C=C2/SC(=S)N(CC(C)C)C2=O)c(C)c(C#N)c1=O. The molecule has 0 bridgehead atoms. The summed E-state index contributed by atoms with van der Waals surface area (Å²) in [7, 11) is 0. The van der Waals surface area contributed by atoms with Crippen molar-refractivity contribution >= 4 is 46.1 Å². The molecule has 0 unspecified atom stereocenters. The molecular weight excluding hydrogens is 459 g/mol. The van der Waals surface area contributed by atoms with Gasteiger partial charge in [-0.3, -0.25) is 19.1 Å². The van der Waals surface area contributed by atoms with Crippen LogP contribution in [-0.2, 0) is 17.9 Å². The maximum Gasteiger partial charge on any atom is 0.270 e.